The van der Waals surface area contributed by atoms with Gasteiger partial charge in [0.05, 0.1) is 0 Å². The van der Waals surface area contributed by atoms with Crippen LogP contribution in [0.5, 0.6) is 0 Å². The van der Waals surface area contributed by atoms with Gasteiger partial charge >= 0.3 is 66.9 Å². The maximum absolute atomic E-state index is 9.76. The van der Waals surface area contributed by atoms with Crippen LogP contribution in [-0.2, 0) is 13.9 Å². The molecule has 0 aromatic carbocycles. The number of aliphatic carboxylic acids is 1. The molecular formula is C3H3Na2O6P. The van der Waals surface area contributed by atoms with Gasteiger partial charge in [-0.05, 0) is 0 Å². The average Bonchev–Trinajstić information content (AvgIpc) is 1.60. The van der Waals surface area contributed by atoms with Crippen molar-refractivity contribution in [3.8, 4) is 0 Å². The van der Waals surface area contributed by atoms with Crippen LogP contribution in [0.15, 0.2) is 12.3 Å². The second kappa shape index (κ2) is 7.55. The van der Waals surface area contributed by atoms with Gasteiger partial charge in [-0.1, -0.05) is 6.58 Å². The predicted octanol–water partition coefficient (Wildman–Crippen LogP) is -8.26. The molecule has 0 aliphatic heterocycles. The Morgan fingerprint density at radius 3 is 1.92 bits per heavy atom. The van der Waals surface area contributed by atoms with E-state index in [-0.39, 0.29) is 59.1 Å². The Morgan fingerprint density at radius 1 is 1.50 bits per heavy atom. The van der Waals surface area contributed by atoms with Gasteiger partial charge in [-0.15, -0.1) is 0 Å². The Balaban J connectivity index is -0.000000405. The van der Waals surface area contributed by atoms with E-state index in [2.05, 4.69) is 11.1 Å². The molecule has 1 N–H and O–H groups in total. The first-order chi connectivity index (χ1) is 4.33. The minimum absolute atomic E-state index is 0. The molecule has 0 aromatic heterocycles. The largest absolute Gasteiger partial charge is 1.00 e. The number of hydrogen-bond donors (Lipinski definition) is 1. The summed E-state index contributed by atoms with van der Waals surface area (Å²) in [7, 11) is -5.05. The molecule has 0 aromatic rings. The van der Waals surface area contributed by atoms with Crippen LogP contribution in [0.25, 0.3) is 0 Å². The number of carboxylic acids is 1. The molecular weight excluding hydrogens is 209 g/mol. The van der Waals surface area contributed by atoms with Crippen molar-refractivity contribution in [3.05, 3.63) is 12.3 Å². The number of carbonyl (C=O) groups excluding carboxylic acids is 1. The zero-order valence-corrected chi connectivity index (χ0v) is 11.5. The van der Waals surface area contributed by atoms with Crippen LogP contribution in [0.4, 0.5) is 0 Å². The van der Waals surface area contributed by atoms with Crippen LogP contribution in [-0.4, -0.2) is 10.9 Å². The number of carbonyl (C=O) groups is 1. The molecule has 0 saturated heterocycles. The number of phosphoric ester groups is 1. The van der Waals surface area contributed by atoms with Gasteiger partial charge in [-0.2, -0.15) is 0 Å². The van der Waals surface area contributed by atoms with Crippen molar-refractivity contribution in [1.82, 2.24) is 0 Å². The Morgan fingerprint density at radius 2 is 1.83 bits per heavy atom. The van der Waals surface area contributed by atoms with E-state index < -0.39 is 19.6 Å². The van der Waals surface area contributed by atoms with Crippen LogP contribution < -0.4 is 69.1 Å². The molecule has 0 spiro atoms. The van der Waals surface area contributed by atoms with E-state index in [9.17, 15) is 19.4 Å². The zero-order chi connectivity index (χ0) is 8.36. The number of phosphoric acid groups is 1. The summed E-state index contributed by atoms with van der Waals surface area (Å²) in [5, 5.41) is 9.67. The van der Waals surface area contributed by atoms with E-state index in [0.29, 0.717) is 0 Å². The van der Waals surface area contributed by atoms with Gasteiger partial charge in [-0.25, -0.2) is 0 Å². The molecule has 12 heavy (non-hydrogen) atoms. The molecule has 0 heterocycles. The minimum atomic E-state index is -5.05. The van der Waals surface area contributed by atoms with E-state index in [1.165, 1.54) is 0 Å². The predicted molar refractivity (Wildman–Crippen MR) is 25.1 cm³/mol. The molecule has 1 unspecified atom stereocenters. The van der Waals surface area contributed by atoms with Crippen LogP contribution in [0, 0.1) is 0 Å². The van der Waals surface area contributed by atoms with Crippen molar-refractivity contribution in [1.29, 1.82) is 0 Å². The molecule has 58 valence electrons. The molecule has 0 saturated carbocycles. The first-order valence-corrected chi connectivity index (χ1v) is 3.46. The second-order valence-corrected chi connectivity index (χ2v) is 2.39. The quantitative estimate of drug-likeness (QED) is 0.215. The SMILES string of the molecule is C=C(OP(=O)([O-])O)C(=O)[O-].[Na+].[Na+]. The Hall–Kier alpha value is 1.16. The molecule has 0 fully saturated rings. The summed E-state index contributed by atoms with van der Waals surface area (Å²) in [5.74, 6) is -3.05. The van der Waals surface area contributed by atoms with E-state index in [4.69, 9.17) is 4.89 Å². The fourth-order valence-electron chi connectivity index (χ4n) is 0.177. The van der Waals surface area contributed by atoms with Gasteiger partial charge in [0.25, 0.3) is 0 Å². The zero-order valence-electron chi connectivity index (χ0n) is 6.64. The first kappa shape index (κ1) is 18.9. The normalized spacial score (nSPS) is 12.8. The Labute approximate surface area is 113 Å². The van der Waals surface area contributed by atoms with Gasteiger partial charge in [0, 0.05) is 0 Å². The molecule has 0 bridgehead atoms. The Kier molecular flexibility index (Phi) is 11.9. The van der Waals surface area contributed by atoms with Gasteiger partial charge in [-0.3, -0.25) is 4.57 Å². The summed E-state index contributed by atoms with van der Waals surface area (Å²) in [4.78, 5) is 27.3. The fourth-order valence-corrected chi connectivity index (χ4v) is 0.530. The number of carboxylic acid groups (broad SMARTS) is 1. The van der Waals surface area contributed by atoms with Crippen molar-refractivity contribution in [2.24, 2.45) is 0 Å². The van der Waals surface area contributed by atoms with E-state index in [1.54, 1.807) is 0 Å². The van der Waals surface area contributed by atoms with Crippen molar-refractivity contribution in [3.63, 3.8) is 0 Å². The van der Waals surface area contributed by atoms with Crippen LogP contribution in [0.3, 0.4) is 0 Å². The standard InChI is InChI=1S/C3H5O6P.2Na/c1-2(3(4)5)9-10(6,7)8;;/h1H2,(H,4,5)(H2,6,7,8);;/q;2*+1/p-2. The van der Waals surface area contributed by atoms with E-state index in [1.807, 2.05) is 0 Å². The average molecular weight is 212 g/mol. The van der Waals surface area contributed by atoms with E-state index in [0.717, 1.165) is 0 Å². The summed E-state index contributed by atoms with van der Waals surface area (Å²) in [6.07, 6.45) is 0. The summed E-state index contributed by atoms with van der Waals surface area (Å²) < 4.78 is 13.2. The van der Waals surface area contributed by atoms with Crippen LogP contribution >= 0.6 is 7.82 Å². The molecule has 6 nitrogen and oxygen atoms in total. The van der Waals surface area contributed by atoms with Gasteiger partial charge in [0.1, 0.15) is 11.7 Å². The molecule has 0 radical (unpaired) electrons. The molecule has 0 aliphatic carbocycles. The van der Waals surface area contributed by atoms with Crippen molar-refractivity contribution in [2.45, 2.75) is 0 Å². The van der Waals surface area contributed by atoms with Crippen LogP contribution in [0.1, 0.15) is 0 Å². The fraction of sp³-hybridized carbons (Fsp3) is 0. The molecule has 0 aliphatic rings. The first-order valence-electron chi connectivity index (χ1n) is 1.96. The summed E-state index contributed by atoms with van der Waals surface area (Å²) in [6.45, 7) is 2.62. The number of rotatable bonds is 3. The smallest absolute Gasteiger partial charge is 0.746 e. The van der Waals surface area contributed by atoms with Gasteiger partial charge in [0.15, 0.2) is 0 Å². The van der Waals surface area contributed by atoms with Gasteiger partial charge < -0.3 is 24.2 Å². The molecule has 9 heteroatoms. The maximum atomic E-state index is 9.76. The van der Waals surface area contributed by atoms with Crippen molar-refractivity contribution in [2.75, 3.05) is 0 Å². The minimum Gasteiger partial charge on any atom is -0.746 e. The molecule has 0 rings (SSSR count). The van der Waals surface area contributed by atoms with Crippen molar-refractivity contribution >= 4 is 13.8 Å². The second-order valence-electron chi connectivity index (χ2n) is 1.27. The topological polar surface area (TPSA) is 110 Å². The summed E-state index contributed by atoms with van der Waals surface area (Å²) in [6, 6.07) is 0. The maximum Gasteiger partial charge on any atom is 1.00 e. The third-order valence-electron chi connectivity index (χ3n) is 0.453. The summed E-state index contributed by atoms with van der Waals surface area (Å²) in [5.41, 5.74) is 0. The van der Waals surface area contributed by atoms with E-state index >= 15 is 0 Å². The van der Waals surface area contributed by atoms with Gasteiger partial charge in [0.2, 0.25) is 0 Å². The summed E-state index contributed by atoms with van der Waals surface area (Å²) >= 11 is 0. The van der Waals surface area contributed by atoms with Crippen molar-refractivity contribution < 1.29 is 87.9 Å². The number of hydrogen-bond acceptors (Lipinski definition) is 5. The monoisotopic (exact) mass is 212 g/mol. The Bertz CT molecular complexity index is 209. The van der Waals surface area contributed by atoms with Crippen LogP contribution in [0.2, 0.25) is 0 Å². The third kappa shape index (κ3) is 11.2. The molecule has 0 amide bonds. The third-order valence-corrected chi connectivity index (χ3v) is 0.904. The molecule has 1 atom stereocenters.